The van der Waals surface area contributed by atoms with Crippen molar-refractivity contribution >= 4 is 11.9 Å². The van der Waals surface area contributed by atoms with Gasteiger partial charge in [-0.2, -0.15) is 0 Å². The molecular weight excluding hydrogens is 941 g/mol. The normalized spacial score (nSPS) is 53.8. The van der Waals surface area contributed by atoms with E-state index in [1.54, 1.807) is 0 Å². The number of ether oxygens (including phenoxy) is 7. The number of carboxylic acids is 1. The van der Waals surface area contributed by atoms with E-state index in [0.29, 0.717) is 32.1 Å². The van der Waals surface area contributed by atoms with Crippen molar-refractivity contribution in [2.75, 3.05) is 26.4 Å². The van der Waals surface area contributed by atoms with Crippen LogP contribution in [0.2, 0.25) is 0 Å². The molecule has 22 heteroatoms. The molecule has 0 aromatic heterocycles. The summed E-state index contributed by atoms with van der Waals surface area (Å²) in [5.41, 5.74) is -3.67. The number of carbonyl (C=O) groups excluding carboxylic acids is 1. The Morgan fingerprint density at radius 2 is 1.38 bits per heavy atom. The zero-order valence-electron chi connectivity index (χ0n) is 41.5. The average molecular weight is 1020 g/mol. The predicted octanol–water partition coefficient (Wildman–Crippen LogP) is -2.20. The van der Waals surface area contributed by atoms with Crippen LogP contribution in [0.3, 0.4) is 0 Å². The minimum absolute atomic E-state index is 0.0260. The smallest absolute Gasteiger partial charge is 0.335 e. The summed E-state index contributed by atoms with van der Waals surface area (Å²) in [4.78, 5) is 25.5. The highest BCUT2D eigenvalue weighted by atomic mass is 16.8. The number of hydrogen-bond acceptors (Lipinski definition) is 21. The zero-order valence-corrected chi connectivity index (χ0v) is 41.5. The average Bonchev–Trinajstić information content (AvgIpc) is 3.30. The van der Waals surface area contributed by atoms with Crippen molar-refractivity contribution in [3.8, 4) is 0 Å². The number of esters is 1. The van der Waals surface area contributed by atoms with Crippen LogP contribution in [0.4, 0.5) is 0 Å². The van der Waals surface area contributed by atoms with Gasteiger partial charge >= 0.3 is 11.9 Å². The van der Waals surface area contributed by atoms with Gasteiger partial charge in [-0.25, -0.2) is 4.79 Å². The lowest BCUT2D eigenvalue weighted by molar-refractivity contribution is -0.387. The summed E-state index contributed by atoms with van der Waals surface area (Å²) in [5.74, 6) is -3.02. The Labute approximate surface area is 412 Å². The lowest BCUT2D eigenvalue weighted by Gasteiger charge is -2.72. The van der Waals surface area contributed by atoms with Crippen molar-refractivity contribution < 1.29 is 109 Å². The molecule has 3 saturated heterocycles. The van der Waals surface area contributed by atoms with Gasteiger partial charge in [-0.1, -0.05) is 53.2 Å². The Bertz CT molecular complexity index is 1990. The van der Waals surface area contributed by atoms with Crippen LogP contribution in [-0.2, 0) is 42.7 Å². The maximum Gasteiger partial charge on any atom is 0.335 e. The van der Waals surface area contributed by atoms with Crippen molar-refractivity contribution in [3.05, 3.63) is 11.6 Å². The van der Waals surface area contributed by atoms with Crippen LogP contribution >= 0.6 is 0 Å². The second-order valence-electron chi connectivity index (χ2n) is 23.7. The number of aliphatic carboxylic acids is 1. The molecule has 3 heterocycles. The molecule has 0 spiro atoms. The van der Waals surface area contributed by atoms with Gasteiger partial charge in [-0.3, -0.25) is 4.79 Å². The fraction of sp³-hybridized carbons (Fsp3) is 0.918. The third-order valence-corrected chi connectivity index (χ3v) is 19.7. The van der Waals surface area contributed by atoms with E-state index in [0.717, 1.165) is 5.57 Å². The molecule has 406 valence electrons. The molecule has 8 aliphatic rings. The van der Waals surface area contributed by atoms with E-state index in [-0.39, 0.29) is 24.7 Å². The molecule has 71 heavy (non-hydrogen) atoms. The molecule has 8 rings (SSSR count). The minimum atomic E-state index is -2.10. The van der Waals surface area contributed by atoms with Crippen LogP contribution in [0.25, 0.3) is 0 Å². The first-order chi connectivity index (χ1) is 33.1. The standard InChI is InChI=1S/C49H78O22/c1-20(53)66-39-38(62)44(2,3)14-22-21-8-9-26-45(4)12-11-28(46(5,18-51)25(45)10-13-47(26,6)48(21,7)15-27(55)49(22,39)19-52)68-43-36(70-41-32(59)29(56)23(54)17-65-41)34(61)35(37(71-43)40(63)64)69-42-33(60)31(58)30(57)24(16-50)67-42/h8,22-39,41-43,50-52,54-62H,9-19H2,1-7H3,(H,63,64). The molecule has 3 aliphatic heterocycles. The van der Waals surface area contributed by atoms with Gasteiger partial charge in [0.25, 0.3) is 0 Å². The van der Waals surface area contributed by atoms with E-state index >= 15 is 0 Å². The maximum absolute atomic E-state index is 13.0. The molecule has 0 bridgehead atoms. The van der Waals surface area contributed by atoms with Crippen LogP contribution in [-0.4, -0.2) is 215 Å². The molecule has 0 radical (unpaired) electrons. The Hall–Kier alpha value is -2.04. The Kier molecular flexibility index (Phi) is 15.2. The summed E-state index contributed by atoms with van der Waals surface area (Å²) in [6.45, 7) is 11.3. The monoisotopic (exact) mass is 1020 g/mol. The highest BCUT2D eigenvalue weighted by Gasteiger charge is 2.73. The van der Waals surface area contributed by atoms with Gasteiger partial charge in [0.05, 0.1) is 50.2 Å². The molecular formula is C49H78O22. The second-order valence-corrected chi connectivity index (χ2v) is 23.7. The number of fused-ring (bicyclic) bond motifs is 7. The summed E-state index contributed by atoms with van der Waals surface area (Å²) < 4.78 is 41.5. The summed E-state index contributed by atoms with van der Waals surface area (Å²) in [6, 6.07) is 0. The fourth-order valence-corrected chi connectivity index (χ4v) is 15.4. The van der Waals surface area contributed by atoms with Gasteiger partial charge in [0, 0.05) is 12.3 Å². The van der Waals surface area contributed by atoms with Crippen LogP contribution in [0.15, 0.2) is 11.6 Å². The number of rotatable bonds is 11. The predicted molar refractivity (Wildman–Crippen MR) is 240 cm³/mol. The van der Waals surface area contributed by atoms with E-state index in [2.05, 4.69) is 26.8 Å². The molecule has 4 saturated carbocycles. The van der Waals surface area contributed by atoms with Gasteiger partial charge in [0.2, 0.25) is 0 Å². The molecule has 0 amide bonds. The van der Waals surface area contributed by atoms with E-state index in [9.17, 15) is 76.0 Å². The number of aliphatic hydroxyl groups is 12. The summed E-state index contributed by atoms with van der Waals surface area (Å²) in [5, 5.41) is 143. The van der Waals surface area contributed by atoms with Gasteiger partial charge in [0.1, 0.15) is 67.1 Å². The Morgan fingerprint density at radius 1 is 0.718 bits per heavy atom. The van der Waals surface area contributed by atoms with Gasteiger partial charge in [-0.15, -0.1) is 0 Å². The van der Waals surface area contributed by atoms with E-state index in [1.165, 1.54) is 6.92 Å². The molecule has 0 aromatic rings. The van der Waals surface area contributed by atoms with Crippen molar-refractivity contribution in [3.63, 3.8) is 0 Å². The first kappa shape index (κ1) is 55.2. The van der Waals surface area contributed by atoms with E-state index in [1.807, 2.05) is 20.8 Å². The van der Waals surface area contributed by atoms with E-state index < -0.39 is 187 Å². The molecule has 7 fully saturated rings. The van der Waals surface area contributed by atoms with Crippen LogP contribution in [0.5, 0.6) is 0 Å². The third kappa shape index (κ3) is 8.46. The number of hydrogen-bond donors (Lipinski definition) is 13. The van der Waals surface area contributed by atoms with Gasteiger partial charge < -0.3 is 99.5 Å². The number of allylic oxidation sites excluding steroid dienone is 2. The van der Waals surface area contributed by atoms with E-state index in [4.69, 9.17) is 33.2 Å². The van der Waals surface area contributed by atoms with Crippen LogP contribution in [0.1, 0.15) is 93.4 Å². The zero-order chi connectivity index (χ0) is 52.3. The molecule has 26 atom stereocenters. The lowest BCUT2D eigenvalue weighted by atomic mass is 9.33. The van der Waals surface area contributed by atoms with Crippen molar-refractivity contribution in [2.45, 2.75) is 204 Å². The highest BCUT2D eigenvalue weighted by molar-refractivity contribution is 5.73. The first-order valence-corrected chi connectivity index (χ1v) is 25.1. The number of aliphatic hydroxyl groups excluding tert-OH is 12. The SMILES string of the molecule is CC(=O)OC1C(O)C(C)(C)CC2C3=CCC4C5(C)CCC(OC6OC(C(=O)O)C(OC7OC(CO)C(O)C(O)C7O)C(O)C6OC6OCC(O)C(O)C6O)C(C)(CO)C5CCC4(C)C3(C)CC(O)C21CO. The van der Waals surface area contributed by atoms with Gasteiger partial charge in [-0.05, 0) is 84.4 Å². The van der Waals surface area contributed by atoms with Crippen molar-refractivity contribution in [2.24, 2.45) is 50.2 Å². The maximum atomic E-state index is 13.0. The largest absolute Gasteiger partial charge is 0.479 e. The van der Waals surface area contributed by atoms with Crippen molar-refractivity contribution in [1.29, 1.82) is 0 Å². The molecule has 26 unspecified atom stereocenters. The lowest BCUT2D eigenvalue weighted by Crippen LogP contribution is -2.72. The Morgan fingerprint density at radius 3 is 2.00 bits per heavy atom. The van der Waals surface area contributed by atoms with Crippen LogP contribution < -0.4 is 0 Å². The quantitative estimate of drug-likeness (QED) is 0.0593. The second kappa shape index (κ2) is 19.5. The Balaban J connectivity index is 1.10. The summed E-state index contributed by atoms with van der Waals surface area (Å²) in [6.07, 6.45) is -24.8. The molecule has 0 aromatic carbocycles. The molecule has 13 N–H and O–H groups in total. The first-order valence-electron chi connectivity index (χ1n) is 25.1. The topological polar surface area (TPSA) is 362 Å². The summed E-state index contributed by atoms with van der Waals surface area (Å²) in [7, 11) is 0. The minimum Gasteiger partial charge on any atom is -0.479 e. The molecule has 5 aliphatic carbocycles. The summed E-state index contributed by atoms with van der Waals surface area (Å²) >= 11 is 0. The third-order valence-electron chi connectivity index (χ3n) is 19.7. The highest BCUT2D eigenvalue weighted by Crippen LogP contribution is 2.76. The van der Waals surface area contributed by atoms with Crippen LogP contribution in [0, 0.1) is 50.2 Å². The van der Waals surface area contributed by atoms with Gasteiger partial charge in [0.15, 0.2) is 25.0 Å². The van der Waals surface area contributed by atoms with Crippen molar-refractivity contribution in [1.82, 2.24) is 0 Å². The molecule has 22 nitrogen and oxygen atoms in total. The fourth-order valence-electron chi connectivity index (χ4n) is 15.4. The number of carboxylic acid groups (broad SMARTS) is 1. The number of carbonyl (C=O) groups is 2.